The SMILES string of the molecule is Fc1ccc(CNCc2ccc(OC(F)F)cc2)c(Cl)c1. The molecular formula is C15H13ClF3NO. The van der Waals surface area contributed by atoms with E-state index in [0.29, 0.717) is 18.1 Å². The number of ether oxygens (including phenoxy) is 1. The molecule has 0 unspecified atom stereocenters. The molecular weight excluding hydrogens is 303 g/mol. The van der Waals surface area contributed by atoms with Crippen LogP contribution in [0.1, 0.15) is 11.1 Å². The van der Waals surface area contributed by atoms with Gasteiger partial charge in [0.15, 0.2) is 0 Å². The van der Waals surface area contributed by atoms with Gasteiger partial charge in [-0.25, -0.2) is 4.39 Å². The Morgan fingerprint density at radius 1 is 1.05 bits per heavy atom. The topological polar surface area (TPSA) is 21.3 Å². The molecule has 21 heavy (non-hydrogen) atoms. The molecule has 2 aromatic rings. The highest BCUT2D eigenvalue weighted by molar-refractivity contribution is 6.31. The summed E-state index contributed by atoms with van der Waals surface area (Å²) in [5, 5.41) is 3.51. The number of rotatable bonds is 6. The minimum atomic E-state index is -2.82. The number of nitrogens with one attached hydrogen (secondary N) is 1. The average molecular weight is 316 g/mol. The van der Waals surface area contributed by atoms with Crippen molar-refractivity contribution in [1.82, 2.24) is 5.32 Å². The molecule has 0 aromatic heterocycles. The molecule has 0 aliphatic heterocycles. The Hall–Kier alpha value is -1.72. The summed E-state index contributed by atoms with van der Waals surface area (Å²) in [6, 6.07) is 10.6. The van der Waals surface area contributed by atoms with Gasteiger partial charge in [0.05, 0.1) is 0 Å². The van der Waals surface area contributed by atoms with E-state index < -0.39 is 6.61 Å². The molecule has 0 heterocycles. The van der Waals surface area contributed by atoms with Crippen LogP contribution in [0, 0.1) is 5.82 Å². The van der Waals surface area contributed by atoms with Crippen molar-refractivity contribution in [3.63, 3.8) is 0 Å². The standard InChI is InChI=1S/C15H13ClF3NO/c16-14-7-12(17)4-3-11(14)9-20-8-10-1-5-13(6-2-10)21-15(18)19/h1-7,15,20H,8-9H2. The maximum Gasteiger partial charge on any atom is 0.387 e. The third kappa shape index (κ3) is 4.95. The monoisotopic (exact) mass is 315 g/mol. The van der Waals surface area contributed by atoms with E-state index in [-0.39, 0.29) is 11.6 Å². The van der Waals surface area contributed by atoms with Crippen molar-refractivity contribution < 1.29 is 17.9 Å². The second kappa shape index (κ2) is 7.33. The van der Waals surface area contributed by atoms with Gasteiger partial charge in [0.1, 0.15) is 11.6 Å². The summed E-state index contributed by atoms with van der Waals surface area (Å²) in [7, 11) is 0. The summed E-state index contributed by atoms with van der Waals surface area (Å²) in [5.74, 6) is -0.256. The number of hydrogen-bond donors (Lipinski definition) is 1. The number of benzene rings is 2. The quantitative estimate of drug-likeness (QED) is 0.854. The lowest BCUT2D eigenvalue weighted by Gasteiger charge is -2.08. The third-order valence-corrected chi connectivity index (χ3v) is 3.16. The fraction of sp³-hybridized carbons (Fsp3) is 0.200. The first-order valence-electron chi connectivity index (χ1n) is 6.23. The molecule has 6 heteroatoms. The second-order valence-corrected chi connectivity index (χ2v) is 4.77. The minimum absolute atomic E-state index is 0.121. The molecule has 112 valence electrons. The number of alkyl halides is 2. The van der Waals surface area contributed by atoms with Crippen molar-refractivity contribution in [3.05, 3.63) is 64.4 Å². The summed E-state index contributed by atoms with van der Waals surface area (Å²) in [4.78, 5) is 0. The smallest absolute Gasteiger partial charge is 0.387 e. The van der Waals surface area contributed by atoms with Crippen molar-refractivity contribution in [1.29, 1.82) is 0 Å². The zero-order valence-corrected chi connectivity index (χ0v) is 11.7. The van der Waals surface area contributed by atoms with Crippen LogP contribution in [0.25, 0.3) is 0 Å². The number of hydrogen-bond acceptors (Lipinski definition) is 2. The first-order valence-corrected chi connectivity index (χ1v) is 6.61. The normalized spacial score (nSPS) is 10.9. The highest BCUT2D eigenvalue weighted by atomic mass is 35.5. The Morgan fingerprint density at radius 3 is 2.38 bits per heavy atom. The first kappa shape index (κ1) is 15.7. The molecule has 0 aliphatic rings. The van der Waals surface area contributed by atoms with Gasteiger partial charge in [-0.15, -0.1) is 0 Å². The van der Waals surface area contributed by atoms with E-state index >= 15 is 0 Å². The Labute approximate surface area is 125 Å². The minimum Gasteiger partial charge on any atom is -0.435 e. The third-order valence-electron chi connectivity index (χ3n) is 2.81. The van der Waals surface area contributed by atoms with E-state index in [1.54, 1.807) is 18.2 Å². The van der Waals surface area contributed by atoms with E-state index in [9.17, 15) is 13.2 Å². The zero-order chi connectivity index (χ0) is 15.2. The highest BCUT2D eigenvalue weighted by Gasteiger charge is 2.04. The highest BCUT2D eigenvalue weighted by Crippen LogP contribution is 2.18. The Balaban J connectivity index is 1.85. The van der Waals surface area contributed by atoms with Gasteiger partial charge in [0.2, 0.25) is 0 Å². The predicted octanol–water partition coefficient (Wildman–Crippen LogP) is 4.37. The fourth-order valence-electron chi connectivity index (χ4n) is 1.80. The summed E-state index contributed by atoms with van der Waals surface area (Å²) >= 11 is 5.91. The van der Waals surface area contributed by atoms with Gasteiger partial charge in [-0.1, -0.05) is 29.8 Å². The van der Waals surface area contributed by atoms with Gasteiger partial charge in [-0.2, -0.15) is 8.78 Å². The van der Waals surface area contributed by atoms with Crippen LogP contribution in [-0.2, 0) is 13.1 Å². The van der Waals surface area contributed by atoms with Crippen LogP contribution in [0.15, 0.2) is 42.5 Å². The summed E-state index contributed by atoms with van der Waals surface area (Å²) in [5.41, 5.74) is 1.70. The molecule has 0 spiro atoms. The fourth-order valence-corrected chi connectivity index (χ4v) is 2.03. The van der Waals surface area contributed by atoms with Crippen LogP contribution in [0.2, 0.25) is 5.02 Å². The lowest BCUT2D eigenvalue weighted by molar-refractivity contribution is -0.0498. The van der Waals surface area contributed by atoms with Gasteiger partial charge in [-0.05, 0) is 35.4 Å². The van der Waals surface area contributed by atoms with Gasteiger partial charge < -0.3 is 10.1 Å². The molecule has 0 saturated carbocycles. The van der Waals surface area contributed by atoms with Gasteiger partial charge in [-0.3, -0.25) is 0 Å². The Morgan fingerprint density at radius 2 is 1.76 bits per heavy atom. The lowest BCUT2D eigenvalue weighted by atomic mass is 10.2. The molecule has 1 N–H and O–H groups in total. The van der Waals surface area contributed by atoms with Gasteiger partial charge >= 0.3 is 6.61 Å². The molecule has 0 radical (unpaired) electrons. The van der Waals surface area contributed by atoms with Gasteiger partial charge in [0.25, 0.3) is 0 Å². The van der Waals surface area contributed by atoms with Crippen LogP contribution >= 0.6 is 11.6 Å². The summed E-state index contributed by atoms with van der Waals surface area (Å²) in [6.45, 7) is -1.81. The molecule has 0 aliphatic carbocycles. The van der Waals surface area contributed by atoms with E-state index in [1.807, 2.05) is 0 Å². The molecule has 0 atom stereocenters. The largest absolute Gasteiger partial charge is 0.435 e. The van der Waals surface area contributed by atoms with Crippen molar-refractivity contribution in [3.8, 4) is 5.75 Å². The Kier molecular flexibility index (Phi) is 5.47. The van der Waals surface area contributed by atoms with E-state index in [2.05, 4.69) is 10.1 Å². The van der Waals surface area contributed by atoms with Crippen molar-refractivity contribution in [2.75, 3.05) is 0 Å². The molecule has 2 nitrogen and oxygen atoms in total. The second-order valence-electron chi connectivity index (χ2n) is 4.36. The zero-order valence-electron chi connectivity index (χ0n) is 11.0. The lowest BCUT2D eigenvalue weighted by Crippen LogP contribution is -2.13. The van der Waals surface area contributed by atoms with E-state index in [0.717, 1.165) is 11.1 Å². The summed E-state index contributed by atoms with van der Waals surface area (Å²) in [6.07, 6.45) is 0. The van der Waals surface area contributed by atoms with Crippen LogP contribution in [0.4, 0.5) is 13.2 Å². The Bertz CT molecular complexity index is 590. The van der Waals surface area contributed by atoms with Crippen LogP contribution in [0.3, 0.4) is 0 Å². The molecule has 0 saturated heterocycles. The average Bonchev–Trinajstić information content (AvgIpc) is 2.42. The summed E-state index contributed by atoms with van der Waals surface area (Å²) < 4.78 is 41.2. The van der Waals surface area contributed by atoms with Crippen molar-refractivity contribution in [2.45, 2.75) is 19.7 Å². The number of halogens is 4. The maximum absolute atomic E-state index is 12.9. The van der Waals surface area contributed by atoms with E-state index in [4.69, 9.17) is 11.6 Å². The van der Waals surface area contributed by atoms with Crippen molar-refractivity contribution in [2.24, 2.45) is 0 Å². The molecule has 0 fully saturated rings. The maximum atomic E-state index is 12.9. The molecule has 0 amide bonds. The first-order chi connectivity index (χ1) is 10.0. The van der Waals surface area contributed by atoms with Crippen molar-refractivity contribution >= 4 is 11.6 Å². The van der Waals surface area contributed by atoms with Crippen LogP contribution in [-0.4, -0.2) is 6.61 Å². The van der Waals surface area contributed by atoms with Crippen LogP contribution in [0.5, 0.6) is 5.75 Å². The molecule has 2 rings (SSSR count). The van der Waals surface area contributed by atoms with Crippen LogP contribution < -0.4 is 10.1 Å². The van der Waals surface area contributed by atoms with E-state index in [1.165, 1.54) is 24.3 Å². The predicted molar refractivity (Wildman–Crippen MR) is 75.0 cm³/mol. The molecule has 0 bridgehead atoms. The molecule has 2 aromatic carbocycles. The van der Waals surface area contributed by atoms with Gasteiger partial charge in [0, 0.05) is 18.1 Å².